The second kappa shape index (κ2) is 7.44. The Morgan fingerprint density at radius 3 is 2.79 bits per heavy atom. The summed E-state index contributed by atoms with van der Waals surface area (Å²) in [6, 6.07) is 7.27. The number of urea groups is 1. The molecule has 6 nitrogen and oxygen atoms in total. The van der Waals surface area contributed by atoms with E-state index < -0.39 is 0 Å². The molecule has 3 rings (SSSR count). The minimum atomic E-state index is -0.366. The van der Waals surface area contributed by atoms with Gasteiger partial charge in [0.2, 0.25) is 0 Å². The summed E-state index contributed by atoms with van der Waals surface area (Å²) in [5, 5.41) is 18.4. The standard InChI is InChI=1S/C17H20FN3O3/c18-13-3-1-2-12(8-13)15-9-16(21-24-15)20-17(23)19-14-6-4-11(10-22)5-7-14/h1-3,8-9,11,14,22H,4-7,10H2,(H2,19,20,21,23). The van der Waals surface area contributed by atoms with Crippen molar-refractivity contribution in [2.24, 2.45) is 5.92 Å². The van der Waals surface area contributed by atoms with E-state index in [1.54, 1.807) is 18.2 Å². The molecule has 1 aromatic heterocycles. The number of nitrogens with one attached hydrogen (secondary N) is 2. The average Bonchev–Trinajstić information content (AvgIpc) is 3.04. The zero-order valence-electron chi connectivity index (χ0n) is 13.2. The molecule has 2 amide bonds. The molecule has 0 aliphatic heterocycles. The van der Waals surface area contributed by atoms with Gasteiger partial charge < -0.3 is 14.9 Å². The first-order valence-corrected chi connectivity index (χ1v) is 8.05. The first kappa shape index (κ1) is 16.4. The molecule has 0 unspecified atom stereocenters. The van der Waals surface area contributed by atoms with Gasteiger partial charge in [0.05, 0.1) is 0 Å². The van der Waals surface area contributed by atoms with Crippen molar-refractivity contribution in [3.63, 3.8) is 0 Å². The fraction of sp³-hybridized carbons (Fsp3) is 0.412. The van der Waals surface area contributed by atoms with Gasteiger partial charge in [-0.05, 0) is 43.7 Å². The van der Waals surface area contributed by atoms with Gasteiger partial charge in [-0.3, -0.25) is 5.32 Å². The first-order valence-electron chi connectivity index (χ1n) is 8.05. The second-order valence-corrected chi connectivity index (χ2v) is 6.09. The number of benzene rings is 1. The molecule has 24 heavy (non-hydrogen) atoms. The van der Waals surface area contributed by atoms with Gasteiger partial charge in [-0.1, -0.05) is 17.3 Å². The zero-order valence-corrected chi connectivity index (χ0v) is 13.2. The zero-order chi connectivity index (χ0) is 16.9. The van der Waals surface area contributed by atoms with Crippen molar-refractivity contribution < 1.29 is 18.8 Å². The third kappa shape index (κ3) is 4.11. The van der Waals surface area contributed by atoms with Crippen LogP contribution in [-0.2, 0) is 0 Å². The molecule has 7 heteroatoms. The topological polar surface area (TPSA) is 87.4 Å². The third-order valence-corrected chi connectivity index (χ3v) is 4.30. The fourth-order valence-corrected chi connectivity index (χ4v) is 2.94. The molecule has 0 radical (unpaired) electrons. The van der Waals surface area contributed by atoms with E-state index in [2.05, 4.69) is 15.8 Å². The number of halogens is 1. The monoisotopic (exact) mass is 333 g/mol. The van der Waals surface area contributed by atoms with Gasteiger partial charge >= 0.3 is 6.03 Å². The highest BCUT2D eigenvalue weighted by atomic mass is 19.1. The summed E-state index contributed by atoms with van der Waals surface area (Å²) in [5.41, 5.74) is 0.554. The van der Waals surface area contributed by atoms with Crippen molar-refractivity contribution in [3.8, 4) is 11.3 Å². The first-order chi connectivity index (χ1) is 11.6. The summed E-state index contributed by atoms with van der Waals surface area (Å²) in [6.07, 6.45) is 3.53. The van der Waals surface area contributed by atoms with Crippen LogP contribution in [0.5, 0.6) is 0 Å². The minimum absolute atomic E-state index is 0.0994. The molecule has 1 aliphatic rings. The van der Waals surface area contributed by atoms with E-state index in [1.165, 1.54) is 12.1 Å². The average molecular weight is 333 g/mol. The Balaban J connectivity index is 1.54. The van der Waals surface area contributed by atoms with E-state index in [0.29, 0.717) is 17.2 Å². The Morgan fingerprint density at radius 2 is 2.08 bits per heavy atom. The molecule has 0 spiro atoms. The lowest BCUT2D eigenvalue weighted by Crippen LogP contribution is -2.40. The van der Waals surface area contributed by atoms with Crippen LogP contribution in [0, 0.1) is 11.7 Å². The van der Waals surface area contributed by atoms with Crippen molar-refractivity contribution in [3.05, 3.63) is 36.1 Å². The predicted octanol–water partition coefficient (Wildman–Crippen LogP) is 3.15. The van der Waals surface area contributed by atoms with Crippen molar-refractivity contribution >= 4 is 11.8 Å². The van der Waals surface area contributed by atoms with Gasteiger partial charge in [0.15, 0.2) is 11.6 Å². The highest BCUT2D eigenvalue weighted by molar-refractivity contribution is 5.88. The lowest BCUT2D eigenvalue weighted by Gasteiger charge is -2.27. The molecule has 1 heterocycles. The Hall–Kier alpha value is -2.41. The van der Waals surface area contributed by atoms with Crippen LogP contribution in [0.3, 0.4) is 0 Å². The lowest BCUT2D eigenvalue weighted by atomic mass is 9.87. The summed E-state index contributed by atoms with van der Waals surface area (Å²) < 4.78 is 18.4. The molecular formula is C17H20FN3O3. The largest absolute Gasteiger partial charge is 0.396 e. The molecule has 1 saturated carbocycles. The minimum Gasteiger partial charge on any atom is -0.396 e. The maximum Gasteiger partial charge on any atom is 0.320 e. The van der Waals surface area contributed by atoms with E-state index >= 15 is 0 Å². The third-order valence-electron chi connectivity index (χ3n) is 4.30. The Bertz CT molecular complexity index is 696. The number of rotatable bonds is 4. The van der Waals surface area contributed by atoms with Gasteiger partial charge in [-0.25, -0.2) is 9.18 Å². The maximum atomic E-state index is 13.2. The number of anilines is 1. The van der Waals surface area contributed by atoms with Gasteiger partial charge in [0, 0.05) is 24.3 Å². The summed E-state index contributed by atoms with van der Waals surface area (Å²) in [4.78, 5) is 12.0. The van der Waals surface area contributed by atoms with Crippen molar-refractivity contribution in [2.75, 3.05) is 11.9 Å². The Labute approximate surface area is 139 Å². The molecule has 1 aromatic carbocycles. The number of carbonyl (C=O) groups is 1. The van der Waals surface area contributed by atoms with E-state index in [-0.39, 0.29) is 30.3 Å². The van der Waals surface area contributed by atoms with E-state index in [1.807, 2.05) is 0 Å². The van der Waals surface area contributed by atoms with Crippen molar-refractivity contribution in [1.29, 1.82) is 0 Å². The van der Waals surface area contributed by atoms with Crippen LogP contribution >= 0.6 is 0 Å². The summed E-state index contributed by atoms with van der Waals surface area (Å²) in [6.45, 7) is 0.209. The molecular weight excluding hydrogens is 313 g/mol. The number of hydrogen-bond donors (Lipinski definition) is 3. The van der Waals surface area contributed by atoms with Gasteiger partial charge in [0.1, 0.15) is 5.82 Å². The molecule has 0 saturated heterocycles. The molecule has 1 fully saturated rings. The number of aliphatic hydroxyl groups is 1. The lowest BCUT2D eigenvalue weighted by molar-refractivity contribution is 0.176. The highest BCUT2D eigenvalue weighted by Gasteiger charge is 2.22. The van der Waals surface area contributed by atoms with Crippen LogP contribution in [0.25, 0.3) is 11.3 Å². The van der Waals surface area contributed by atoms with Crippen molar-refractivity contribution in [2.45, 2.75) is 31.7 Å². The van der Waals surface area contributed by atoms with Crippen LogP contribution in [0.2, 0.25) is 0 Å². The molecule has 0 atom stereocenters. The van der Waals surface area contributed by atoms with E-state index in [4.69, 9.17) is 9.63 Å². The normalized spacial score (nSPS) is 20.6. The Morgan fingerprint density at radius 1 is 1.29 bits per heavy atom. The van der Waals surface area contributed by atoms with Crippen LogP contribution in [0.4, 0.5) is 15.0 Å². The summed E-state index contributed by atoms with van der Waals surface area (Å²) in [5.74, 6) is 0.633. The smallest absolute Gasteiger partial charge is 0.320 e. The quantitative estimate of drug-likeness (QED) is 0.802. The second-order valence-electron chi connectivity index (χ2n) is 6.09. The van der Waals surface area contributed by atoms with Crippen LogP contribution < -0.4 is 10.6 Å². The van der Waals surface area contributed by atoms with Crippen LogP contribution in [-0.4, -0.2) is 28.9 Å². The molecule has 3 N–H and O–H groups in total. The highest BCUT2D eigenvalue weighted by Crippen LogP contribution is 2.25. The molecule has 2 aromatic rings. The molecule has 128 valence electrons. The van der Waals surface area contributed by atoms with Gasteiger partial charge in [-0.2, -0.15) is 0 Å². The summed E-state index contributed by atoms with van der Waals surface area (Å²) >= 11 is 0. The number of hydrogen-bond acceptors (Lipinski definition) is 4. The number of amides is 2. The van der Waals surface area contributed by atoms with Crippen LogP contribution in [0.1, 0.15) is 25.7 Å². The van der Waals surface area contributed by atoms with Crippen molar-refractivity contribution in [1.82, 2.24) is 10.5 Å². The Kier molecular flexibility index (Phi) is 5.10. The molecule has 1 aliphatic carbocycles. The number of aliphatic hydroxyl groups excluding tert-OH is 1. The fourth-order valence-electron chi connectivity index (χ4n) is 2.94. The SMILES string of the molecule is O=C(Nc1cc(-c2cccc(F)c2)on1)NC1CCC(CO)CC1. The van der Waals surface area contributed by atoms with E-state index in [9.17, 15) is 9.18 Å². The number of aromatic nitrogens is 1. The van der Waals surface area contributed by atoms with E-state index in [0.717, 1.165) is 25.7 Å². The number of carbonyl (C=O) groups excluding carboxylic acids is 1. The van der Waals surface area contributed by atoms with Gasteiger partial charge in [-0.15, -0.1) is 0 Å². The predicted molar refractivity (Wildman–Crippen MR) is 86.9 cm³/mol. The summed E-state index contributed by atoms with van der Waals surface area (Å²) in [7, 11) is 0. The maximum absolute atomic E-state index is 13.2. The molecule has 0 bridgehead atoms. The van der Waals surface area contributed by atoms with Crippen LogP contribution in [0.15, 0.2) is 34.9 Å². The number of nitrogens with zero attached hydrogens (tertiary/aromatic N) is 1. The van der Waals surface area contributed by atoms with Gasteiger partial charge in [0.25, 0.3) is 0 Å².